The summed E-state index contributed by atoms with van der Waals surface area (Å²) in [6.07, 6.45) is 16.7. The minimum Gasteiger partial charge on any atom is -0.497 e. The van der Waals surface area contributed by atoms with Crippen molar-refractivity contribution in [2.24, 2.45) is 0 Å². The maximum Gasteiger partial charge on any atom is 0.343 e. The summed E-state index contributed by atoms with van der Waals surface area (Å²) in [6.45, 7) is 15.4. The monoisotopic (exact) mass is 1950 g/mol. The third kappa shape index (κ3) is 17.7. The van der Waals surface area contributed by atoms with Gasteiger partial charge in [0.05, 0.1) is 61.9 Å². The van der Waals surface area contributed by atoms with Crippen LogP contribution in [0.4, 0.5) is 0 Å². The Morgan fingerprint density at radius 2 is 0.694 bits per heavy atom. The zero-order valence-electron chi connectivity index (χ0n) is 84.6. The molecule has 4 aliphatic heterocycles. The molecular formula is C129H112O18. The van der Waals surface area contributed by atoms with Crippen molar-refractivity contribution in [1.82, 2.24) is 0 Å². The number of methoxy groups -OCH3 is 7. The Morgan fingerprint density at radius 1 is 0.340 bits per heavy atom. The van der Waals surface area contributed by atoms with Crippen molar-refractivity contribution >= 4 is 91.1 Å². The topological polar surface area (TPSA) is 208 Å². The summed E-state index contributed by atoms with van der Waals surface area (Å²) in [6, 6.07) is 105. The van der Waals surface area contributed by atoms with Crippen molar-refractivity contribution in [2.45, 2.75) is 96.2 Å². The minimum atomic E-state index is -0.986. The number of carbonyl (C=O) groups excluding carboxylic acids is 4. The number of Topliss-reactive ketones (excluding diaryl/α,β-unsaturated/α-hetero) is 1. The molecule has 1 atom stereocenters. The fourth-order valence-corrected chi connectivity index (χ4v) is 21.0. The van der Waals surface area contributed by atoms with Crippen LogP contribution in [0.25, 0.3) is 78.5 Å². The summed E-state index contributed by atoms with van der Waals surface area (Å²) in [5.74, 6) is 5.51. The van der Waals surface area contributed by atoms with Crippen molar-refractivity contribution in [3.05, 3.63) is 457 Å². The number of ether oxygens (including phenoxy) is 13. The molecule has 1 N–H and O–H groups in total. The van der Waals surface area contributed by atoms with Gasteiger partial charge < -0.3 is 66.7 Å². The predicted octanol–water partition coefficient (Wildman–Crippen LogP) is 27.7. The van der Waals surface area contributed by atoms with Gasteiger partial charge in [-0.15, -0.1) is 0 Å². The molecule has 17 aromatic rings. The molecule has 1 aliphatic carbocycles. The first-order valence-corrected chi connectivity index (χ1v) is 48.8. The van der Waals surface area contributed by atoms with Gasteiger partial charge in [-0.1, -0.05) is 281 Å². The van der Waals surface area contributed by atoms with E-state index < -0.39 is 34.3 Å². The number of hydrogen-bond acceptors (Lipinski definition) is 18. The number of rotatable bonds is 21. The zero-order chi connectivity index (χ0) is 103. The van der Waals surface area contributed by atoms with Crippen molar-refractivity contribution in [3.63, 3.8) is 0 Å². The summed E-state index contributed by atoms with van der Waals surface area (Å²) in [5.41, 5.74) is 18.0. The summed E-state index contributed by atoms with van der Waals surface area (Å²) in [4.78, 5) is 50.3. The molecule has 1 unspecified atom stereocenters. The van der Waals surface area contributed by atoms with Gasteiger partial charge in [0.15, 0.2) is 33.9 Å². The van der Waals surface area contributed by atoms with Crippen LogP contribution in [-0.2, 0) is 53.5 Å². The van der Waals surface area contributed by atoms with Crippen LogP contribution in [0.2, 0.25) is 0 Å². The van der Waals surface area contributed by atoms with E-state index in [9.17, 15) is 24.3 Å². The maximum absolute atomic E-state index is 13.4. The Bertz CT molecular complexity index is 7950. The van der Waals surface area contributed by atoms with Crippen LogP contribution < -0.4 is 52.1 Å². The summed E-state index contributed by atoms with van der Waals surface area (Å²) in [7, 11) is 11.4. The SMILES string of the molecule is CCC(=O)COC(=O)c1c2c(c3ccccc3c1OC(C)=O)OC(c1ccccc1)(c1ccccc1)C=C2.COC(=O)c1c2c(c3ccccc3c1C)OC(c1ccc(C)cc1)(c1ccc(OC)cc1)C=C2.COc1ccc(C2(c3ccc(OC)cc3)C=Cc3c(C)c(C)c4ccccc4c3O2)cc1.COc1ccc(C2(c3ccc(OC)cc3)C=Cc3c4c(c5cc(CO)c(OC)cc5c3O2)-c2ccccc2C4(C)C)cc1. The molecule has 22 rings (SSSR count). The fraction of sp³-hybridized carbons (Fsp3) is 0.178. The Kier molecular flexibility index (Phi) is 27.4. The molecule has 17 aromatic carbocycles. The first-order chi connectivity index (χ1) is 71.3. The lowest BCUT2D eigenvalue weighted by atomic mass is 9.76. The lowest BCUT2D eigenvalue weighted by molar-refractivity contribution is -0.131. The molecule has 4 heterocycles. The summed E-state index contributed by atoms with van der Waals surface area (Å²) >= 11 is 0. The number of carbonyl (C=O) groups is 4. The Morgan fingerprint density at radius 3 is 1.10 bits per heavy atom. The number of fused-ring (bicyclic) bond motifs is 17. The molecular weight excluding hydrogens is 1840 g/mol. The van der Waals surface area contributed by atoms with Crippen LogP contribution >= 0.6 is 0 Å². The molecule has 18 nitrogen and oxygen atoms in total. The number of aliphatic hydroxyl groups is 1. The zero-order valence-corrected chi connectivity index (χ0v) is 84.6. The molecule has 0 spiro atoms. The molecule has 0 bridgehead atoms. The highest BCUT2D eigenvalue weighted by molar-refractivity contribution is 6.12. The van der Waals surface area contributed by atoms with E-state index in [4.69, 9.17) is 61.6 Å². The van der Waals surface area contributed by atoms with Gasteiger partial charge in [0.1, 0.15) is 69.7 Å². The minimum absolute atomic E-state index is 0.0313. The first-order valence-electron chi connectivity index (χ1n) is 48.8. The van der Waals surface area contributed by atoms with E-state index in [1.54, 1.807) is 67.8 Å². The first kappa shape index (κ1) is 98.6. The maximum atomic E-state index is 13.4. The quantitative estimate of drug-likeness (QED) is 0.0524. The van der Waals surface area contributed by atoms with Gasteiger partial charge in [0.25, 0.3) is 0 Å². The fourth-order valence-electron chi connectivity index (χ4n) is 21.0. The Balaban J connectivity index is 0.000000124. The van der Waals surface area contributed by atoms with Gasteiger partial charge in [-0.25, -0.2) is 9.59 Å². The van der Waals surface area contributed by atoms with Gasteiger partial charge in [-0.2, -0.15) is 0 Å². The highest BCUT2D eigenvalue weighted by atomic mass is 16.6. The molecule has 0 amide bonds. The highest BCUT2D eigenvalue weighted by Gasteiger charge is 2.48. The van der Waals surface area contributed by atoms with E-state index in [0.29, 0.717) is 39.1 Å². The second kappa shape index (κ2) is 40.9. The van der Waals surface area contributed by atoms with E-state index in [1.165, 1.54) is 58.4 Å². The van der Waals surface area contributed by atoms with Crippen LogP contribution in [-0.4, -0.2) is 85.2 Å². The molecule has 5 aliphatic rings. The van der Waals surface area contributed by atoms with Gasteiger partial charge in [0.2, 0.25) is 0 Å². The number of hydrogen-bond donors (Lipinski definition) is 1. The van der Waals surface area contributed by atoms with E-state index in [-0.39, 0.29) is 48.1 Å². The van der Waals surface area contributed by atoms with Crippen LogP contribution in [0.5, 0.6) is 63.2 Å². The van der Waals surface area contributed by atoms with Crippen LogP contribution in [0, 0.1) is 27.7 Å². The van der Waals surface area contributed by atoms with E-state index in [1.807, 2.05) is 201 Å². The average molecular weight is 1950 g/mol. The van der Waals surface area contributed by atoms with Crippen LogP contribution in [0.15, 0.2) is 340 Å². The van der Waals surface area contributed by atoms with Gasteiger partial charge in [-0.3, -0.25) is 9.59 Å². The molecule has 18 heteroatoms. The molecule has 0 fully saturated rings. The lowest BCUT2D eigenvalue weighted by Gasteiger charge is -2.38. The molecule has 0 saturated carbocycles. The highest BCUT2D eigenvalue weighted by Crippen LogP contribution is 2.61. The van der Waals surface area contributed by atoms with Gasteiger partial charge in [-0.05, 0) is 192 Å². The smallest absolute Gasteiger partial charge is 0.343 e. The third-order valence-electron chi connectivity index (χ3n) is 28.8. The lowest BCUT2D eigenvalue weighted by Crippen LogP contribution is -2.35. The van der Waals surface area contributed by atoms with Crippen molar-refractivity contribution in [3.8, 4) is 74.4 Å². The van der Waals surface area contributed by atoms with E-state index in [0.717, 1.165) is 140 Å². The molecule has 736 valence electrons. The molecule has 0 aromatic heterocycles. The van der Waals surface area contributed by atoms with Crippen LogP contribution in [0.1, 0.15) is 161 Å². The summed E-state index contributed by atoms with van der Waals surface area (Å²) < 4.78 is 77.3. The normalized spacial score (nSPS) is 14.8. The number of benzene rings is 17. The number of esters is 3. The second-order valence-corrected chi connectivity index (χ2v) is 37.3. The summed E-state index contributed by atoms with van der Waals surface area (Å²) in [5, 5.41) is 17.7. The molecule has 0 saturated heterocycles. The Hall–Kier alpha value is -17.2. The van der Waals surface area contributed by atoms with Gasteiger partial charge >= 0.3 is 17.9 Å². The molecule has 0 radical (unpaired) electrons. The van der Waals surface area contributed by atoms with Gasteiger partial charge in [0, 0.05) is 118 Å². The Labute approximate surface area is 855 Å². The average Bonchev–Trinajstić information content (AvgIpc) is 1.55. The van der Waals surface area contributed by atoms with Crippen molar-refractivity contribution in [1.29, 1.82) is 0 Å². The second-order valence-electron chi connectivity index (χ2n) is 37.3. The predicted molar refractivity (Wildman–Crippen MR) is 579 cm³/mol. The third-order valence-corrected chi connectivity index (χ3v) is 28.8. The van der Waals surface area contributed by atoms with Crippen LogP contribution in [0.3, 0.4) is 0 Å². The molecule has 147 heavy (non-hydrogen) atoms. The van der Waals surface area contributed by atoms with E-state index in [2.05, 4.69) is 186 Å². The van der Waals surface area contributed by atoms with E-state index >= 15 is 0 Å². The largest absolute Gasteiger partial charge is 0.497 e. The number of aliphatic hydroxyl groups excluding tert-OH is 1. The number of aryl methyl sites for hydroxylation is 3. The number of ketones is 1. The van der Waals surface area contributed by atoms with Crippen molar-refractivity contribution < 1.29 is 85.9 Å². The standard InChI is InChI=1S/C38H34O5.C32H26O6.C30H26O4.C29H26O3/c1-37(2)32-9-7-6-8-28(32)34-30-20-23(22-39)33(42-5)21-31(30)36-29(35(34)37)18-19-38(43-36,24-10-14-26(40-3)15-11-24)25-12-16-27(41-4)17-13-25;1-3-24(34)20-36-31(35)28-27-18-19-32(22-12-6-4-7-13-22,23-14-8-5-9-15-23)38-29(27)25-16-10-11-17-26(25)30(28)37-21(2)33;1-19-9-11-21(12-10-19)30(22-13-15-23(32-3)16-14-22)18-17-26-27(29(31)33-4)20(2)24-7-5-6-8-25(24)28(26)34-30;1-19-20(2)26-17-18-29(21-9-13-23(30-3)14-10-21,22-11-15-24(31-4)16-12-22)32-28(26)27-8-6-5-7-25(19)27/h6-21,39H,22H2,1-5H3;4-19H,3,20H2,1-2H3;5-18H,1-4H3;5-18H,1-4H3. The van der Waals surface area contributed by atoms with Crippen molar-refractivity contribution in [2.75, 3.05) is 56.4 Å².